The van der Waals surface area contributed by atoms with Gasteiger partial charge in [-0.05, 0) is 97.1 Å². The first-order chi connectivity index (χ1) is 25.7. The van der Waals surface area contributed by atoms with E-state index >= 15 is 0 Å². The third kappa shape index (κ3) is 5.80. The van der Waals surface area contributed by atoms with Gasteiger partial charge in [0, 0.05) is 0 Å². The van der Waals surface area contributed by atoms with Gasteiger partial charge in [0.25, 0.3) is 23.6 Å². The van der Waals surface area contributed by atoms with Gasteiger partial charge < -0.3 is 29.9 Å². The first-order valence-electron chi connectivity index (χ1n) is 15.5. The van der Waals surface area contributed by atoms with Gasteiger partial charge in [0.15, 0.2) is 0 Å². The molecule has 2 aliphatic rings. The summed E-state index contributed by atoms with van der Waals surface area (Å²) >= 11 is 0. The fourth-order valence-corrected chi connectivity index (χ4v) is 5.78. The molecule has 0 aromatic heterocycles. The van der Waals surface area contributed by atoms with Crippen LogP contribution < -0.4 is 19.3 Å². The van der Waals surface area contributed by atoms with Gasteiger partial charge >= 0.3 is 23.9 Å². The van der Waals surface area contributed by atoms with Crippen LogP contribution in [0.15, 0.2) is 97.1 Å². The number of benzene rings is 5. The number of hydrogen-bond donors (Lipinski definition) is 4. The van der Waals surface area contributed by atoms with E-state index in [4.69, 9.17) is 9.47 Å². The van der Waals surface area contributed by atoms with E-state index in [9.17, 15) is 58.8 Å². The molecule has 2 heterocycles. The fourth-order valence-electron chi connectivity index (χ4n) is 5.78. The summed E-state index contributed by atoms with van der Waals surface area (Å²) in [5.41, 5.74) is -1.81. The van der Waals surface area contributed by atoms with E-state index in [-0.39, 0.29) is 56.3 Å². The number of anilines is 2. The van der Waals surface area contributed by atoms with Crippen molar-refractivity contribution in [2.24, 2.45) is 0 Å². The van der Waals surface area contributed by atoms with Crippen LogP contribution in [0.5, 0.6) is 23.0 Å². The van der Waals surface area contributed by atoms with Gasteiger partial charge in [0.1, 0.15) is 34.1 Å². The maximum absolute atomic E-state index is 13.2. The third-order valence-electron chi connectivity index (χ3n) is 8.43. The Morgan fingerprint density at radius 3 is 1.15 bits per heavy atom. The Morgan fingerprint density at radius 2 is 0.796 bits per heavy atom. The van der Waals surface area contributed by atoms with E-state index in [0.29, 0.717) is 0 Å². The number of aromatic hydroxyl groups is 2. The van der Waals surface area contributed by atoms with E-state index in [1.807, 2.05) is 0 Å². The molecule has 7 rings (SSSR count). The van der Waals surface area contributed by atoms with Gasteiger partial charge in [-0.1, -0.05) is 0 Å². The molecule has 0 unspecified atom stereocenters. The number of ether oxygens (including phenoxy) is 2. The van der Waals surface area contributed by atoms with Crippen molar-refractivity contribution in [3.63, 3.8) is 0 Å². The number of carboxylic acid groups (broad SMARTS) is 2. The Balaban J connectivity index is 1.02. The molecule has 0 fully saturated rings. The molecule has 16 nitrogen and oxygen atoms in total. The first kappa shape index (κ1) is 34.3. The van der Waals surface area contributed by atoms with Crippen molar-refractivity contribution in [2.75, 3.05) is 9.80 Å². The van der Waals surface area contributed by atoms with E-state index in [0.717, 1.165) is 46.2 Å². The van der Waals surface area contributed by atoms with Crippen molar-refractivity contribution in [3.05, 3.63) is 142 Å². The van der Waals surface area contributed by atoms with Gasteiger partial charge in [-0.25, -0.2) is 29.0 Å². The standard InChI is InChI=1S/C38H20N2O14/c41-29-11-3-19(15-27(29)35(47)48)39-31(43)23-9-1-17(13-25(23)33(39)45)37(51)53-21-5-7-22(8-6-21)54-38(52)18-2-10-24-26(14-18)34(46)40(32(24)44)20-4-12-30(42)28(16-20)36(49)50/h1-16,41-42H,(H,47,48)(H,49,50). The Bertz CT molecular complexity index is 2380. The monoisotopic (exact) mass is 728 g/mol. The number of phenols is 2. The van der Waals surface area contributed by atoms with Gasteiger partial charge in [-0.15, -0.1) is 0 Å². The molecule has 0 spiro atoms. The summed E-state index contributed by atoms with van der Waals surface area (Å²) in [6.45, 7) is 0. The van der Waals surface area contributed by atoms with Crippen LogP contribution in [0.3, 0.4) is 0 Å². The average Bonchev–Trinajstić information content (AvgIpc) is 3.55. The first-order valence-corrected chi connectivity index (χ1v) is 15.5. The van der Waals surface area contributed by atoms with Crippen molar-refractivity contribution < 1.29 is 68.3 Å². The third-order valence-corrected chi connectivity index (χ3v) is 8.43. The van der Waals surface area contributed by atoms with Gasteiger partial charge in [0.2, 0.25) is 0 Å². The lowest BCUT2D eigenvalue weighted by Gasteiger charge is -2.14. The molecule has 0 radical (unpaired) electrons. The maximum atomic E-state index is 13.2. The Labute approximate surface area is 301 Å². The normalized spacial score (nSPS) is 13.1. The van der Waals surface area contributed by atoms with Crippen LogP contribution in [0.4, 0.5) is 11.4 Å². The number of carbonyl (C=O) groups excluding carboxylic acids is 6. The molecule has 16 heteroatoms. The predicted octanol–water partition coefficient (Wildman–Crippen LogP) is 4.53. The molecule has 0 aliphatic carbocycles. The number of hydrogen-bond acceptors (Lipinski definition) is 12. The molecular weight excluding hydrogens is 708 g/mol. The molecule has 2 aliphatic heterocycles. The van der Waals surface area contributed by atoms with Crippen LogP contribution in [0.1, 0.15) is 82.9 Å². The number of carbonyl (C=O) groups is 8. The van der Waals surface area contributed by atoms with Crippen LogP contribution in [0.2, 0.25) is 0 Å². The predicted molar refractivity (Wildman–Crippen MR) is 182 cm³/mol. The maximum Gasteiger partial charge on any atom is 0.343 e. The van der Waals surface area contributed by atoms with Crippen LogP contribution in [-0.2, 0) is 0 Å². The largest absolute Gasteiger partial charge is 0.507 e. The number of imide groups is 2. The second kappa shape index (κ2) is 12.9. The molecule has 5 aromatic carbocycles. The quantitative estimate of drug-likeness (QED) is 0.0975. The highest BCUT2D eigenvalue weighted by Crippen LogP contribution is 2.34. The van der Waals surface area contributed by atoms with Gasteiger partial charge in [-0.3, -0.25) is 19.2 Å². The number of esters is 2. The SMILES string of the molecule is O=C(Oc1ccc(OC(=O)c2ccc3c(c2)C(=O)N(c2ccc(O)c(C(=O)O)c2)C3=O)cc1)c1ccc2c(c1)C(=O)N(c1ccc(O)c(C(=O)O)c1)C2=O. The van der Waals surface area contributed by atoms with Crippen LogP contribution in [0, 0.1) is 0 Å². The highest BCUT2D eigenvalue weighted by molar-refractivity contribution is 6.35. The molecule has 4 N–H and O–H groups in total. The van der Waals surface area contributed by atoms with Crippen molar-refractivity contribution in [2.45, 2.75) is 0 Å². The molecule has 0 saturated carbocycles. The number of amides is 4. The highest BCUT2D eigenvalue weighted by atomic mass is 16.5. The zero-order chi connectivity index (χ0) is 38.6. The lowest BCUT2D eigenvalue weighted by Crippen LogP contribution is -2.29. The average molecular weight is 729 g/mol. The number of rotatable bonds is 8. The minimum absolute atomic E-state index is 0.0108. The zero-order valence-corrected chi connectivity index (χ0v) is 27.0. The molecule has 54 heavy (non-hydrogen) atoms. The minimum Gasteiger partial charge on any atom is -0.507 e. The number of nitrogens with zero attached hydrogens (tertiary/aromatic N) is 2. The summed E-state index contributed by atoms with van der Waals surface area (Å²) in [5, 5.41) is 38.2. The summed E-state index contributed by atoms with van der Waals surface area (Å²) in [4.78, 5) is 103. The molecular formula is C38H20N2O14. The number of carboxylic acids is 2. The molecule has 266 valence electrons. The summed E-state index contributed by atoms with van der Waals surface area (Å²) in [5.74, 6) is -9.06. The van der Waals surface area contributed by atoms with E-state index in [2.05, 4.69) is 0 Å². The second-order valence-electron chi connectivity index (χ2n) is 11.7. The van der Waals surface area contributed by atoms with Crippen LogP contribution in [-0.4, -0.2) is 67.9 Å². The molecule has 0 saturated heterocycles. The Morgan fingerprint density at radius 1 is 0.444 bits per heavy atom. The highest BCUT2D eigenvalue weighted by Gasteiger charge is 2.39. The van der Waals surface area contributed by atoms with Crippen LogP contribution >= 0.6 is 0 Å². The van der Waals surface area contributed by atoms with E-state index < -0.39 is 70.1 Å². The van der Waals surface area contributed by atoms with E-state index in [1.165, 1.54) is 60.7 Å². The number of aromatic carboxylic acids is 2. The Hall–Kier alpha value is -8.14. The summed E-state index contributed by atoms with van der Waals surface area (Å²) < 4.78 is 10.8. The lowest BCUT2D eigenvalue weighted by molar-refractivity contribution is 0.0682. The zero-order valence-electron chi connectivity index (χ0n) is 27.0. The van der Waals surface area contributed by atoms with Crippen molar-refractivity contribution in [3.8, 4) is 23.0 Å². The Kier molecular flexibility index (Phi) is 8.18. The molecule has 0 atom stereocenters. The minimum atomic E-state index is -1.47. The van der Waals surface area contributed by atoms with E-state index in [1.54, 1.807) is 0 Å². The number of fused-ring (bicyclic) bond motifs is 2. The van der Waals surface area contributed by atoms with Crippen molar-refractivity contribution in [1.82, 2.24) is 0 Å². The molecule has 5 aromatic rings. The second-order valence-corrected chi connectivity index (χ2v) is 11.7. The van der Waals surface area contributed by atoms with Gasteiger partial charge in [0.05, 0.1) is 44.8 Å². The van der Waals surface area contributed by atoms with Gasteiger partial charge in [-0.2, -0.15) is 0 Å². The van der Waals surface area contributed by atoms with Crippen molar-refractivity contribution in [1.29, 1.82) is 0 Å². The lowest BCUT2D eigenvalue weighted by atomic mass is 10.1. The molecule has 0 bridgehead atoms. The fraction of sp³-hybridized carbons (Fsp3) is 0. The van der Waals surface area contributed by atoms with Crippen molar-refractivity contribution >= 4 is 58.9 Å². The summed E-state index contributed by atoms with van der Waals surface area (Å²) in [6, 6.07) is 18.9. The summed E-state index contributed by atoms with van der Waals surface area (Å²) in [7, 11) is 0. The summed E-state index contributed by atoms with van der Waals surface area (Å²) in [6.07, 6.45) is 0. The topological polar surface area (TPSA) is 242 Å². The molecule has 4 amide bonds. The van der Waals surface area contributed by atoms with Crippen LogP contribution in [0.25, 0.3) is 0 Å². The smallest absolute Gasteiger partial charge is 0.343 e.